The van der Waals surface area contributed by atoms with Gasteiger partial charge in [0, 0.05) is 0 Å². The largest absolute Gasteiger partial charge is 0.395 e. The van der Waals surface area contributed by atoms with E-state index >= 15 is 0 Å². The highest BCUT2D eigenvalue weighted by molar-refractivity contribution is 7.92. The van der Waals surface area contributed by atoms with Crippen molar-refractivity contribution in [1.82, 2.24) is 0 Å². The van der Waals surface area contributed by atoms with E-state index in [1.807, 2.05) is 6.92 Å². The van der Waals surface area contributed by atoms with Gasteiger partial charge >= 0.3 is 0 Å². The van der Waals surface area contributed by atoms with Crippen molar-refractivity contribution < 1.29 is 13.5 Å². The van der Waals surface area contributed by atoms with E-state index in [9.17, 15) is 8.42 Å². The van der Waals surface area contributed by atoms with Gasteiger partial charge in [-0.1, -0.05) is 19.8 Å². The summed E-state index contributed by atoms with van der Waals surface area (Å²) in [5, 5.41) is 16.1. The van der Waals surface area contributed by atoms with Gasteiger partial charge in [-0.25, -0.2) is 8.42 Å². The molecule has 0 saturated heterocycles. The molecule has 76 valence electrons. The highest BCUT2D eigenvalue weighted by atomic mass is 32.2. The minimum Gasteiger partial charge on any atom is -0.395 e. The van der Waals surface area contributed by atoms with E-state index in [0.717, 1.165) is 12.8 Å². The third-order valence-corrected chi connectivity index (χ3v) is 3.73. The summed E-state index contributed by atoms with van der Waals surface area (Å²) in [4.78, 5) is 0. The SMILES string of the molecule is CCCCC(C#N)S(=O)(=O)CCO. The first-order valence-electron chi connectivity index (χ1n) is 4.30. The molecule has 0 aliphatic carbocycles. The Labute approximate surface area is 79.1 Å². The van der Waals surface area contributed by atoms with Gasteiger partial charge in [0.25, 0.3) is 0 Å². The zero-order chi connectivity index (χ0) is 10.3. The van der Waals surface area contributed by atoms with Crippen LogP contribution in [0.3, 0.4) is 0 Å². The monoisotopic (exact) mass is 205 g/mol. The second-order valence-corrected chi connectivity index (χ2v) is 5.15. The molecule has 13 heavy (non-hydrogen) atoms. The highest BCUT2D eigenvalue weighted by Crippen LogP contribution is 2.10. The number of aliphatic hydroxyl groups is 1. The summed E-state index contributed by atoms with van der Waals surface area (Å²) in [6.07, 6.45) is 1.96. The molecule has 0 aliphatic heterocycles. The molecule has 5 heteroatoms. The lowest BCUT2D eigenvalue weighted by Gasteiger charge is -2.08. The first-order chi connectivity index (χ1) is 6.08. The third kappa shape index (κ3) is 4.25. The van der Waals surface area contributed by atoms with Gasteiger partial charge in [-0.2, -0.15) is 5.26 Å². The van der Waals surface area contributed by atoms with Crippen LogP contribution in [0.15, 0.2) is 0 Å². The van der Waals surface area contributed by atoms with Gasteiger partial charge < -0.3 is 5.11 Å². The topological polar surface area (TPSA) is 78.2 Å². The molecule has 0 aliphatic rings. The van der Waals surface area contributed by atoms with Gasteiger partial charge in [-0.15, -0.1) is 0 Å². The Hall–Kier alpha value is -0.600. The molecule has 0 aromatic heterocycles. The molecular formula is C8H15NO3S. The van der Waals surface area contributed by atoms with E-state index in [2.05, 4.69) is 0 Å². The molecule has 0 bridgehead atoms. The highest BCUT2D eigenvalue weighted by Gasteiger charge is 2.23. The Morgan fingerprint density at radius 2 is 2.15 bits per heavy atom. The van der Waals surface area contributed by atoms with E-state index < -0.39 is 21.7 Å². The molecule has 1 atom stereocenters. The maximum atomic E-state index is 11.3. The summed E-state index contributed by atoms with van der Waals surface area (Å²) in [7, 11) is -3.41. The van der Waals surface area contributed by atoms with Crippen molar-refractivity contribution in [2.75, 3.05) is 12.4 Å². The number of aliphatic hydroxyl groups excluding tert-OH is 1. The smallest absolute Gasteiger partial charge is 0.168 e. The van der Waals surface area contributed by atoms with Crippen LogP contribution < -0.4 is 0 Å². The molecule has 4 nitrogen and oxygen atoms in total. The third-order valence-electron chi connectivity index (χ3n) is 1.77. The van der Waals surface area contributed by atoms with E-state index in [4.69, 9.17) is 10.4 Å². The number of hydrogen-bond acceptors (Lipinski definition) is 4. The van der Waals surface area contributed by atoms with Crippen LogP contribution in [0.2, 0.25) is 0 Å². The number of nitrogens with zero attached hydrogens (tertiary/aromatic N) is 1. The van der Waals surface area contributed by atoms with Crippen molar-refractivity contribution in [3.8, 4) is 6.07 Å². The van der Waals surface area contributed by atoms with E-state index in [0.29, 0.717) is 6.42 Å². The van der Waals surface area contributed by atoms with E-state index in [-0.39, 0.29) is 5.75 Å². The summed E-state index contributed by atoms with van der Waals surface area (Å²) in [5.74, 6) is -0.311. The molecule has 0 amide bonds. The van der Waals surface area contributed by atoms with Crippen molar-refractivity contribution in [2.45, 2.75) is 31.4 Å². The Morgan fingerprint density at radius 3 is 2.54 bits per heavy atom. The van der Waals surface area contributed by atoms with Crippen molar-refractivity contribution in [2.24, 2.45) is 0 Å². The minimum absolute atomic E-state index is 0.311. The Balaban J connectivity index is 4.32. The second kappa shape index (κ2) is 5.95. The number of sulfone groups is 1. The summed E-state index contributed by atoms with van der Waals surface area (Å²) < 4.78 is 22.6. The van der Waals surface area contributed by atoms with Crippen LogP contribution in [0.5, 0.6) is 0 Å². The van der Waals surface area contributed by atoms with Gasteiger partial charge in [0.05, 0.1) is 18.4 Å². The summed E-state index contributed by atoms with van der Waals surface area (Å²) >= 11 is 0. The average molecular weight is 205 g/mol. The first kappa shape index (κ1) is 12.4. The number of hydrogen-bond donors (Lipinski definition) is 1. The van der Waals surface area contributed by atoms with E-state index in [1.165, 1.54) is 0 Å². The Kier molecular flexibility index (Phi) is 5.67. The van der Waals surface area contributed by atoms with Gasteiger partial charge in [-0.05, 0) is 6.42 Å². The van der Waals surface area contributed by atoms with Crippen LogP contribution >= 0.6 is 0 Å². The first-order valence-corrected chi connectivity index (χ1v) is 6.02. The van der Waals surface area contributed by atoms with Crippen LogP contribution in [-0.2, 0) is 9.84 Å². The molecule has 0 rings (SSSR count). The maximum absolute atomic E-state index is 11.3. The molecule has 0 fully saturated rings. The van der Waals surface area contributed by atoms with Crippen LogP contribution in [0.1, 0.15) is 26.2 Å². The summed E-state index contributed by atoms with van der Waals surface area (Å²) in [5.41, 5.74) is 0. The van der Waals surface area contributed by atoms with Crippen LogP contribution in [0.4, 0.5) is 0 Å². The number of nitriles is 1. The van der Waals surface area contributed by atoms with Crippen LogP contribution in [0, 0.1) is 11.3 Å². The fourth-order valence-corrected chi connectivity index (χ4v) is 2.21. The molecule has 0 aromatic rings. The average Bonchev–Trinajstić information content (AvgIpc) is 2.05. The maximum Gasteiger partial charge on any atom is 0.168 e. The molecule has 0 radical (unpaired) electrons. The number of unbranched alkanes of at least 4 members (excludes halogenated alkanes) is 1. The molecular weight excluding hydrogens is 190 g/mol. The van der Waals surface area contributed by atoms with Crippen molar-refractivity contribution in [3.05, 3.63) is 0 Å². The zero-order valence-corrected chi connectivity index (χ0v) is 8.55. The number of rotatable bonds is 6. The lowest BCUT2D eigenvalue weighted by atomic mass is 10.2. The Bertz CT molecular complexity index is 266. The molecule has 0 heterocycles. The van der Waals surface area contributed by atoms with Crippen molar-refractivity contribution >= 4 is 9.84 Å². The predicted molar refractivity (Wildman–Crippen MR) is 49.8 cm³/mol. The minimum atomic E-state index is -3.41. The van der Waals surface area contributed by atoms with Gasteiger partial charge in [-0.3, -0.25) is 0 Å². The molecule has 0 aromatic carbocycles. The van der Waals surface area contributed by atoms with Crippen LogP contribution in [0.25, 0.3) is 0 Å². The predicted octanol–water partition coefficient (Wildman–Crippen LogP) is 0.476. The van der Waals surface area contributed by atoms with Gasteiger partial charge in [0.2, 0.25) is 0 Å². The van der Waals surface area contributed by atoms with Gasteiger partial charge in [0.15, 0.2) is 9.84 Å². The lowest BCUT2D eigenvalue weighted by Crippen LogP contribution is -2.24. The fourth-order valence-electron chi connectivity index (χ4n) is 0.983. The molecule has 0 spiro atoms. The zero-order valence-electron chi connectivity index (χ0n) is 7.73. The second-order valence-electron chi connectivity index (χ2n) is 2.85. The van der Waals surface area contributed by atoms with Crippen LogP contribution in [-0.4, -0.2) is 31.1 Å². The lowest BCUT2D eigenvalue weighted by molar-refractivity contribution is 0.319. The Morgan fingerprint density at radius 1 is 1.54 bits per heavy atom. The molecule has 1 N–H and O–H groups in total. The fraction of sp³-hybridized carbons (Fsp3) is 0.875. The molecule has 1 unspecified atom stereocenters. The molecule has 0 saturated carbocycles. The normalized spacial score (nSPS) is 13.6. The summed E-state index contributed by atoms with van der Waals surface area (Å²) in [6, 6.07) is 1.76. The van der Waals surface area contributed by atoms with Gasteiger partial charge in [0.1, 0.15) is 5.25 Å². The quantitative estimate of drug-likeness (QED) is 0.684. The summed E-state index contributed by atoms with van der Waals surface area (Å²) in [6.45, 7) is 1.53. The van der Waals surface area contributed by atoms with Crippen molar-refractivity contribution in [1.29, 1.82) is 5.26 Å². The van der Waals surface area contributed by atoms with E-state index in [1.54, 1.807) is 6.07 Å². The van der Waals surface area contributed by atoms with Crippen molar-refractivity contribution in [3.63, 3.8) is 0 Å². The standard InChI is InChI=1S/C8H15NO3S/c1-2-3-4-8(7-9)13(11,12)6-5-10/h8,10H,2-6H2,1H3.